The quantitative estimate of drug-likeness (QED) is 0.453. The van der Waals surface area contributed by atoms with Crippen LogP contribution in [0.25, 0.3) is 27.8 Å². The highest BCUT2D eigenvalue weighted by Gasteiger charge is 2.29. The molecular weight excluding hydrogens is 398 g/mol. The predicted octanol–water partition coefficient (Wildman–Crippen LogP) is 5.07. The number of aromatic nitrogens is 5. The second-order valence-electron chi connectivity index (χ2n) is 8.50. The lowest BCUT2D eigenvalue weighted by Gasteiger charge is -2.35. The highest BCUT2D eigenvalue weighted by atomic mass is 35.5. The molecule has 1 aromatic carbocycles. The molecule has 154 valence electrons. The molecule has 0 aliphatic heterocycles. The number of pyridine rings is 1. The number of benzene rings is 1. The summed E-state index contributed by atoms with van der Waals surface area (Å²) in [5.74, 6) is 1.06. The van der Waals surface area contributed by atoms with Gasteiger partial charge in [0.15, 0.2) is 11.2 Å². The van der Waals surface area contributed by atoms with E-state index in [1.165, 1.54) is 6.42 Å². The minimum absolute atomic E-state index is 0.0888. The van der Waals surface area contributed by atoms with E-state index < -0.39 is 0 Å². The Balaban J connectivity index is 1.68. The van der Waals surface area contributed by atoms with Crippen LogP contribution in [0.1, 0.15) is 44.8 Å². The molecule has 30 heavy (non-hydrogen) atoms. The van der Waals surface area contributed by atoms with E-state index in [0.717, 1.165) is 29.7 Å². The number of hydrogen-bond donors (Lipinski definition) is 0. The summed E-state index contributed by atoms with van der Waals surface area (Å²) in [4.78, 5) is 13.3. The summed E-state index contributed by atoms with van der Waals surface area (Å²) in [5.41, 5.74) is 4.30. The van der Waals surface area contributed by atoms with Crippen molar-refractivity contribution in [3.05, 3.63) is 57.6 Å². The number of rotatable bonds is 2. The normalized spacial score (nSPS) is 22.1. The molecule has 0 radical (unpaired) electrons. The standard InChI is InChI=1S/C23H24ClN5O/c1-13-5-4-6-18(14(13)2)28-12-11-19-21(23(28)30)25-26-22-20(15(3)27-29(19)22)16-7-9-17(24)10-8-16/h7-14,18H,4-6H2,1-3H3/t13-,14+,18+/m1/s1. The zero-order valence-corrected chi connectivity index (χ0v) is 18.1. The van der Waals surface area contributed by atoms with Gasteiger partial charge in [0.2, 0.25) is 0 Å². The van der Waals surface area contributed by atoms with E-state index in [9.17, 15) is 4.79 Å². The van der Waals surface area contributed by atoms with Crippen molar-refractivity contribution in [3.8, 4) is 11.1 Å². The topological polar surface area (TPSA) is 65.1 Å². The van der Waals surface area contributed by atoms with Crippen LogP contribution in [0.4, 0.5) is 0 Å². The first-order valence-corrected chi connectivity index (χ1v) is 10.9. The largest absolute Gasteiger partial charge is 0.310 e. The van der Waals surface area contributed by atoms with Crippen LogP contribution in [0.3, 0.4) is 0 Å². The number of hydrogen-bond acceptors (Lipinski definition) is 4. The molecule has 0 spiro atoms. The Bertz CT molecular complexity index is 1310. The maximum Gasteiger partial charge on any atom is 0.280 e. The maximum atomic E-state index is 13.3. The number of fused-ring (bicyclic) bond motifs is 3. The molecule has 0 N–H and O–H groups in total. The lowest BCUT2D eigenvalue weighted by molar-refractivity contribution is 0.183. The summed E-state index contributed by atoms with van der Waals surface area (Å²) in [6.07, 6.45) is 5.30. The second kappa shape index (κ2) is 7.20. The van der Waals surface area contributed by atoms with E-state index in [4.69, 9.17) is 11.6 Å². The van der Waals surface area contributed by atoms with Crippen molar-refractivity contribution in [2.24, 2.45) is 11.8 Å². The zero-order chi connectivity index (χ0) is 21.0. The summed E-state index contributed by atoms with van der Waals surface area (Å²) in [6.45, 7) is 6.46. The molecule has 0 bridgehead atoms. The van der Waals surface area contributed by atoms with E-state index in [1.54, 1.807) is 4.52 Å². The lowest BCUT2D eigenvalue weighted by atomic mass is 9.78. The Labute approximate surface area is 179 Å². The van der Waals surface area contributed by atoms with Gasteiger partial charge in [0, 0.05) is 17.3 Å². The molecule has 5 rings (SSSR count). The van der Waals surface area contributed by atoms with Crippen LogP contribution in [0.2, 0.25) is 5.02 Å². The van der Waals surface area contributed by atoms with Crippen LogP contribution >= 0.6 is 11.6 Å². The van der Waals surface area contributed by atoms with E-state index >= 15 is 0 Å². The second-order valence-corrected chi connectivity index (χ2v) is 8.94. The molecule has 0 unspecified atom stereocenters. The third-order valence-electron chi connectivity index (χ3n) is 6.74. The average molecular weight is 422 g/mol. The Morgan fingerprint density at radius 3 is 2.60 bits per heavy atom. The SMILES string of the molecule is Cc1nn2c(nnc3c(=O)n([C@H]4CCC[C@@H](C)[C@@H]4C)ccc32)c1-c1ccc(Cl)cc1. The molecule has 4 aromatic rings. The highest BCUT2D eigenvalue weighted by Crippen LogP contribution is 2.37. The smallest absolute Gasteiger partial charge is 0.280 e. The van der Waals surface area contributed by atoms with Crippen LogP contribution in [0.15, 0.2) is 41.3 Å². The monoisotopic (exact) mass is 421 g/mol. The number of aryl methyl sites for hydroxylation is 1. The Morgan fingerprint density at radius 1 is 1.07 bits per heavy atom. The number of nitrogens with zero attached hydrogens (tertiary/aromatic N) is 5. The first-order chi connectivity index (χ1) is 14.5. The van der Waals surface area contributed by atoms with Gasteiger partial charge >= 0.3 is 0 Å². The van der Waals surface area contributed by atoms with Crippen LogP contribution in [-0.2, 0) is 0 Å². The lowest BCUT2D eigenvalue weighted by Crippen LogP contribution is -2.34. The molecule has 3 aromatic heterocycles. The van der Waals surface area contributed by atoms with Crippen molar-refractivity contribution in [2.45, 2.75) is 46.1 Å². The summed E-state index contributed by atoms with van der Waals surface area (Å²) < 4.78 is 3.60. The van der Waals surface area contributed by atoms with Gasteiger partial charge in [-0.15, -0.1) is 10.2 Å². The van der Waals surface area contributed by atoms with Crippen molar-refractivity contribution in [2.75, 3.05) is 0 Å². The van der Waals surface area contributed by atoms with Crippen molar-refractivity contribution in [1.29, 1.82) is 0 Å². The zero-order valence-electron chi connectivity index (χ0n) is 17.3. The summed E-state index contributed by atoms with van der Waals surface area (Å²) >= 11 is 6.04. The van der Waals surface area contributed by atoms with Gasteiger partial charge in [0.05, 0.1) is 11.3 Å². The number of halogens is 1. The fourth-order valence-electron chi connectivity index (χ4n) is 4.83. The van der Waals surface area contributed by atoms with Gasteiger partial charge in [0.25, 0.3) is 5.56 Å². The fraction of sp³-hybridized carbons (Fsp3) is 0.391. The minimum atomic E-state index is -0.0888. The van der Waals surface area contributed by atoms with Gasteiger partial charge < -0.3 is 4.57 Å². The van der Waals surface area contributed by atoms with E-state index in [1.807, 2.05) is 48.0 Å². The molecule has 1 aliphatic rings. The summed E-state index contributed by atoms with van der Waals surface area (Å²) in [6, 6.07) is 9.73. The maximum absolute atomic E-state index is 13.3. The molecule has 1 saturated carbocycles. The summed E-state index contributed by atoms with van der Waals surface area (Å²) in [7, 11) is 0. The molecule has 3 heterocycles. The Morgan fingerprint density at radius 2 is 1.83 bits per heavy atom. The van der Waals surface area contributed by atoms with Gasteiger partial charge in [-0.2, -0.15) is 5.10 Å². The van der Waals surface area contributed by atoms with Gasteiger partial charge in [0.1, 0.15) is 5.52 Å². The van der Waals surface area contributed by atoms with Gasteiger partial charge in [-0.1, -0.05) is 50.4 Å². The summed E-state index contributed by atoms with van der Waals surface area (Å²) in [5, 5.41) is 14.1. The van der Waals surface area contributed by atoms with Gasteiger partial charge in [-0.3, -0.25) is 4.79 Å². The molecule has 6 nitrogen and oxygen atoms in total. The fourth-order valence-corrected chi connectivity index (χ4v) is 4.96. The van der Waals surface area contributed by atoms with Crippen LogP contribution in [-0.4, -0.2) is 24.4 Å². The molecule has 3 atom stereocenters. The average Bonchev–Trinajstić information content (AvgIpc) is 3.08. The predicted molar refractivity (Wildman–Crippen MR) is 119 cm³/mol. The minimum Gasteiger partial charge on any atom is -0.310 e. The third kappa shape index (κ3) is 2.93. The Hall–Kier alpha value is -2.73. The first-order valence-electron chi connectivity index (χ1n) is 10.5. The molecule has 0 amide bonds. The van der Waals surface area contributed by atoms with Crippen LogP contribution in [0.5, 0.6) is 0 Å². The van der Waals surface area contributed by atoms with Crippen molar-refractivity contribution in [1.82, 2.24) is 24.4 Å². The van der Waals surface area contributed by atoms with Crippen LogP contribution in [0, 0.1) is 18.8 Å². The third-order valence-corrected chi connectivity index (χ3v) is 6.99. The van der Waals surface area contributed by atoms with Gasteiger partial charge in [-0.25, -0.2) is 4.52 Å². The van der Waals surface area contributed by atoms with Crippen molar-refractivity contribution >= 4 is 28.3 Å². The van der Waals surface area contributed by atoms with E-state index in [-0.39, 0.29) is 11.6 Å². The van der Waals surface area contributed by atoms with Crippen LogP contribution < -0.4 is 5.56 Å². The van der Waals surface area contributed by atoms with Crippen molar-refractivity contribution < 1.29 is 0 Å². The van der Waals surface area contributed by atoms with Gasteiger partial charge in [-0.05, 0) is 48.9 Å². The van der Waals surface area contributed by atoms with E-state index in [2.05, 4.69) is 29.1 Å². The van der Waals surface area contributed by atoms with E-state index in [0.29, 0.717) is 33.5 Å². The highest BCUT2D eigenvalue weighted by molar-refractivity contribution is 6.30. The molecule has 1 aliphatic carbocycles. The van der Waals surface area contributed by atoms with Crippen molar-refractivity contribution in [3.63, 3.8) is 0 Å². The molecular formula is C23H24ClN5O. The Kier molecular flexibility index (Phi) is 4.62. The first kappa shape index (κ1) is 19.2. The molecule has 7 heteroatoms. The molecule has 1 fully saturated rings. The molecule has 0 saturated heterocycles.